The Morgan fingerprint density at radius 3 is 1.95 bits per heavy atom. The summed E-state index contributed by atoms with van der Waals surface area (Å²) >= 11 is 6.80. The standard InChI is InChI=1S/C16H16Br2N2O/c1-2-16(15(19)21,11-3-5-12(17)6-4-11)20-14-9-7-13(18)8-10-14/h3-10,20H,2H2,1H3,(H2,19,21). The number of nitrogens with two attached hydrogens (primary N) is 1. The van der Waals surface area contributed by atoms with Gasteiger partial charge in [0.05, 0.1) is 0 Å². The first-order chi connectivity index (χ1) is 9.98. The molecule has 0 saturated carbocycles. The van der Waals surface area contributed by atoms with Crippen LogP contribution in [-0.2, 0) is 10.3 Å². The molecule has 0 aliphatic heterocycles. The largest absolute Gasteiger partial charge is 0.368 e. The summed E-state index contributed by atoms with van der Waals surface area (Å²) in [6.45, 7) is 1.94. The molecule has 5 heteroatoms. The zero-order valence-corrected chi connectivity index (χ0v) is 14.7. The van der Waals surface area contributed by atoms with Gasteiger partial charge >= 0.3 is 0 Å². The molecule has 1 amide bonds. The van der Waals surface area contributed by atoms with Crippen LogP contribution in [0.4, 0.5) is 5.69 Å². The van der Waals surface area contributed by atoms with Crippen molar-refractivity contribution in [1.29, 1.82) is 0 Å². The number of hydrogen-bond acceptors (Lipinski definition) is 2. The van der Waals surface area contributed by atoms with Crippen LogP contribution in [0.2, 0.25) is 0 Å². The van der Waals surface area contributed by atoms with E-state index in [2.05, 4.69) is 37.2 Å². The minimum absolute atomic E-state index is 0.393. The minimum atomic E-state index is -0.922. The normalized spacial score (nSPS) is 13.5. The number of rotatable bonds is 5. The lowest BCUT2D eigenvalue weighted by Crippen LogP contribution is -2.47. The predicted octanol–water partition coefficient (Wildman–Crippen LogP) is 4.41. The summed E-state index contributed by atoms with van der Waals surface area (Å²) in [5, 5.41) is 3.29. The van der Waals surface area contributed by atoms with Crippen molar-refractivity contribution in [3.8, 4) is 0 Å². The lowest BCUT2D eigenvalue weighted by molar-refractivity contribution is -0.122. The van der Waals surface area contributed by atoms with Crippen molar-refractivity contribution in [1.82, 2.24) is 0 Å². The van der Waals surface area contributed by atoms with E-state index < -0.39 is 11.4 Å². The quantitative estimate of drug-likeness (QED) is 0.765. The van der Waals surface area contributed by atoms with Crippen LogP contribution in [0.15, 0.2) is 57.5 Å². The van der Waals surface area contributed by atoms with Crippen LogP contribution in [-0.4, -0.2) is 5.91 Å². The Labute approximate surface area is 141 Å². The molecule has 3 nitrogen and oxygen atoms in total. The highest BCUT2D eigenvalue weighted by Gasteiger charge is 2.36. The SMILES string of the molecule is CCC(Nc1ccc(Br)cc1)(C(N)=O)c1ccc(Br)cc1. The fraction of sp³-hybridized carbons (Fsp3) is 0.188. The summed E-state index contributed by atoms with van der Waals surface area (Å²) in [6, 6.07) is 15.3. The van der Waals surface area contributed by atoms with Gasteiger partial charge in [-0.3, -0.25) is 4.79 Å². The molecule has 2 aromatic rings. The van der Waals surface area contributed by atoms with E-state index in [0.29, 0.717) is 6.42 Å². The van der Waals surface area contributed by atoms with Crippen molar-refractivity contribution in [3.05, 3.63) is 63.0 Å². The average Bonchev–Trinajstić information content (AvgIpc) is 2.47. The van der Waals surface area contributed by atoms with Crippen molar-refractivity contribution in [2.24, 2.45) is 5.73 Å². The van der Waals surface area contributed by atoms with Crippen LogP contribution >= 0.6 is 31.9 Å². The van der Waals surface area contributed by atoms with Crippen LogP contribution in [0, 0.1) is 0 Å². The van der Waals surface area contributed by atoms with Crippen molar-refractivity contribution in [3.63, 3.8) is 0 Å². The second-order valence-corrected chi connectivity index (χ2v) is 6.59. The third-order valence-corrected chi connectivity index (χ3v) is 4.55. The van der Waals surface area contributed by atoms with Crippen LogP contribution in [0.5, 0.6) is 0 Å². The van der Waals surface area contributed by atoms with Gasteiger partial charge in [0.25, 0.3) is 0 Å². The zero-order chi connectivity index (χ0) is 15.5. The number of hydrogen-bond donors (Lipinski definition) is 2. The van der Waals surface area contributed by atoms with Gasteiger partial charge in [-0.2, -0.15) is 0 Å². The number of anilines is 1. The van der Waals surface area contributed by atoms with E-state index >= 15 is 0 Å². The maximum Gasteiger partial charge on any atom is 0.247 e. The van der Waals surface area contributed by atoms with Crippen molar-refractivity contribution in [2.75, 3.05) is 5.32 Å². The van der Waals surface area contributed by atoms with Gasteiger partial charge in [-0.15, -0.1) is 0 Å². The number of amides is 1. The van der Waals surface area contributed by atoms with Crippen molar-refractivity contribution < 1.29 is 4.79 Å². The molecule has 2 rings (SSSR count). The van der Waals surface area contributed by atoms with Gasteiger partial charge in [-0.05, 0) is 48.4 Å². The first-order valence-corrected chi connectivity index (χ1v) is 8.16. The number of carbonyl (C=O) groups excluding carboxylic acids is 1. The number of benzene rings is 2. The van der Waals surface area contributed by atoms with E-state index in [-0.39, 0.29) is 0 Å². The predicted molar refractivity (Wildman–Crippen MR) is 93.1 cm³/mol. The van der Waals surface area contributed by atoms with Gasteiger partial charge in [0, 0.05) is 14.6 Å². The molecule has 2 aromatic carbocycles. The molecule has 0 aliphatic rings. The van der Waals surface area contributed by atoms with Gasteiger partial charge in [0.2, 0.25) is 5.91 Å². The van der Waals surface area contributed by atoms with E-state index in [0.717, 1.165) is 20.2 Å². The van der Waals surface area contributed by atoms with Gasteiger partial charge in [-0.25, -0.2) is 0 Å². The Hall–Kier alpha value is -1.33. The second-order valence-electron chi connectivity index (χ2n) is 4.76. The average molecular weight is 412 g/mol. The molecule has 0 aromatic heterocycles. The van der Waals surface area contributed by atoms with Crippen LogP contribution in [0.1, 0.15) is 18.9 Å². The Bertz CT molecular complexity index is 626. The monoisotopic (exact) mass is 410 g/mol. The molecule has 1 atom stereocenters. The third kappa shape index (κ3) is 3.47. The first kappa shape index (κ1) is 16.0. The molecule has 0 saturated heterocycles. The molecule has 0 radical (unpaired) electrons. The van der Waals surface area contributed by atoms with E-state index in [4.69, 9.17) is 5.73 Å². The number of primary amides is 1. The molecule has 0 fully saturated rings. The fourth-order valence-corrected chi connectivity index (χ4v) is 2.79. The molecule has 110 valence electrons. The Balaban J connectivity index is 2.44. The summed E-state index contributed by atoms with van der Waals surface area (Å²) in [5.41, 5.74) is 6.48. The van der Waals surface area contributed by atoms with Gasteiger partial charge < -0.3 is 11.1 Å². The summed E-state index contributed by atoms with van der Waals surface area (Å²) < 4.78 is 1.95. The minimum Gasteiger partial charge on any atom is -0.368 e. The molecule has 0 heterocycles. The molecule has 0 bridgehead atoms. The van der Waals surface area contributed by atoms with Crippen molar-refractivity contribution >= 4 is 43.5 Å². The first-order valence-electron chi connectivity index (χ1n) is 6.57. The number of carbonyl (C=O) groups is 1. The van der Waals surface area contributed by atoms with Crippen LogP contribution < -0.4 is 11.1 Å². The fourth-order valence-electron chi connectivity index (χ4n) is 2.26. The molecule has 3 N–H and O–H groups in total. The highest BCUT2D eigenvalue weighted by atomic mass is 79.9. The lowest BCUT2D eigenvalue weighted by atomic mass is 9.86. The van der Waals surface area contributed by atoms with E-state index in [9.17, 15) is 4.79 Å². The molecular formula is C16H16Br2N2O. The molecule has 0 aliphatic carbocycles. The Kier molecular flexibility index (Phi) is 5.06. The van der Waals surface area contributed by atoms with Crippen molar-refractivity contribution in [2.45, 2.75) is 18.9 Å². The summed E-state index contributed by atoms with van der Waals surface area (Å²) in [5.74, 6) is -0.393. The van der Waals surface area contributed by atoms with E-state index in [1.807, 2.05) is 55.5 Å². The summed E-state index contributed by atoms with van der Waals surface area (Å²) in [6.07, 6.45) is 0.556. The number of nitrogens with one attached hydrogen (secondary N) is 1. The van der Waals surface area contributed by atoms with Crippen LogP contribution in [0.3, 0.4) is 0 Å². The second kappa shape index (κ2) is 6.62. The lowest BCUT2D eigenvalue weighted by Gasteiger charge is -2.32. The van der Waals surface area contributed by atoms with Gasteiger partial charge in [-0.1, -0.05) is 50.9 Å². The molecule has 1 unspecified atom stereocenters. The highest BCUT2D eigenvalue weighted by Crippen LogP contribution is 2.31. The Morgan fingerprint density at radius 2 is 1.52 bits per heavy atom. The van der Waals surface area contributed by atoms with Gasteiger partial charge in [0.15, 0.2) is 0 Å². The van der Waals surface area contributed by atoms with Crippen LogP contribution in [0.25, 0.3) is 0 Å². The maximum absolute atomic E-state index is 12.1. The van der Waals surface area contributed by atoms with E-state index in [1.54, 1.807) is 0 Å². The highest BCUT2D eigenvalue weighted by molar-refractivity contribution is 9.10. The zero-order valence-electron chi connectivity index (χ0n) is 11.6. The summed E-state index contributed by atoms with van der Waals surface area (Å²) in [4.78, 5) is 12.1. The third-order valence-electron chi connectivity index (χ3n) is 3.49. The smallest absolute Gasteiger partial charge is 0.247 e. The maximum atomic E-state index is 12.1. The topological polar surface area (TPSA) is 55.1 Å². The summed E-state index contributed by atoms with van der Waals surface area (Å²) in [7, 11) is 0. The van der Waals surface area contributed by atoms with Gasteiger partial charge in [0.1, 0.15) is 5.54 Å². The Morgan fingerprint density at radius 1 is 1.05 bits per heavy atom. The van der Waals surface area contributed by atoms with E-state index in [1.165, 1.54) is 0 Å². The molecule has 0 spiro atoms. The molecular weight excluding hydrogens is 396 g/mol. The number of halogens is 2. The molecule has 21 heavy (non-hydrogen) atoms.